The topological polar surface area (TPSA) is 61.5 Å². The second-order valence-electron chi connectivity index (χ2n) is 3.97. The molecule has 20 heavy (non-hydrogen) atoms. The molecule has 0 fully saturated rings. The molecular formula is C13H15IN4O2. The van der Waals surface area contributed by atoms with Crippen molar-refractivity contribution in [3.8, 4) is 11.5 Å². The third-order valence-corrected chi connectivity index (χ3v) is 3.25. The quantitative estimate of drug-likeness (QED) is 0.566. The summed E-state index contributed by atoms with van der Waals surface area (Å²) >= 11 is 2.23. The van der Waals surface area contributed by atoms with Crippen molar-refractivity contribution in [3.63, 3.8) is 0 Å². The maximum Gasteiger partial charge on any atom is 0.174 e. The highest BCUT2D eigenvalue weighted by atomic mass is 127. The Hall–Kier alpha value is -1.64. The highest BCUT2D eigenvalue weighted by molar-refractivity contribution is 14.1. The van der Waals surface area contributed by atoms with Gasteiger partial charge in [0.15, 0.2) is 11.5 Å². The van der Waals surface area contributed by atoms with Gasteiger partial charge in [0.1, 0.15) is 12.7 Å². The predicted octanol–water partition coefficient (Wildman–Crippen LogP) is 2.56. The molecule has 106 valence electrons. The minimum absolute atomic E-state index is 0.667. The number of aromatic nitrogens is 3. The van der Waals surface area contributed by atoms with Crippen molar-refractivity contribution < 1.29 is 9.47 Å². The first-order valence-electron chi connectivity index (χ1n) is 6.14. The van der Waals surface area contributed by atoms with E-state index < -0.39 is 0 Å². The molecule has 0 radical (unpaired) electrons. The van der Waals surface area contributed by atoms with E-state index in [0.29, 0.717) is 12.4 Å². The molecule has 0 saturated heterocycles. The zero-order valence-corrected chi connectivity index (χ0v) is 13.4. The molecule has 6 nitrogen and oxygen atoms in total. The van der Waals surface area contributed by atoms with Crippen LogP contribution in [-0.2, 0) is 0 Å². The van der Waals surface area contributed by atoms with Crippen molar-refractivity contribution >= 4 is 28.8 Å². The molecule has 0 spiro atoms. The molecule has 1 heterocycles. The Kier molecular flexibility index (Phi) is 5.33. The molecule has 0 atom stereocenters. The van der Waals surface area contributed by atoms with Gasteiger partial charge in [-0.25, -0.2) is 4.68 Å². The number of hydrogen-bond acceptors (Lipinski definition) is 5. The average molecular weight is 386 g/mol. The highest BCUT2D eigenvalue weighted by Gasteiger charge is 2.10. The van der Waals surface area contributed by atoms with E-state index in [1.54, 1.807) is 13.3 Å². The largest absolute Gasteiger partial charge is 0.493 e. The molecule has 0 aliphatic carbocycles. The zero-order chi connectivity index (χ0) is 14.4. The van der Waals surface area contributed by atoms with E-state index in [1.807, 2.05) is 12.1 Å². The standard InChI is InChI=1S/C13H15IN4O2/c1-3-4-20-13-11(14)5-10(6-12(13)19-2)7-17-18-8-15-16-9-18/h5-9H,3-4H2,1-2H3/b17-7+. The molecule has 0 unspecified atom stereocenters. The van der Waals surface area contributed by atoms with Gasteiger partial charge in [0.05, 0.1) is 23.5 Å². The monoisotopic (exact) mass is 386 g/mol. The Balaban J connectivity index is 2.25. The van der Waals surface area contributed by atoms with Crippen LogP contribution in [0.1, 0.15) is 18.9 Å². The lowest BCUT2D eigenvalue weighted by Crippen LogP contribution is -2.01. The van der Waals surface area contributed by atoms with Crippen molar-refractivity contribution in [2.24, 2.45) is 5.10 Å². The van der Waals surface area contributed by atoms with Crippen LogP contribution in [0.25, 0.3) is 0 Å². The fourth-order valence-corrected chi connectivity index (χ4v) is 2.33. The summed E-state index contributed by atoms with van der Waals surface area (Å²) in [6.07, 6.45) is 5.72. The fourth-order valence-electron chi connectivity index (χ4n) is 1.55. The third kappa shape index (κ3) is 3.69. The first-order valence-corrected chi connectivity index (χ1v) is 7.21. The van der Waals surface area contributed by atoms with E-state index in [-0.39, 0.29) is 0 Å². The number of nitrogens with zero attached hydrogens (tertiary/aromatic N) is 4. The van der Waals surface area contributed by atoms with Gasteiger partial charge in [-0.3, -0.25) is 0 Å². The van der Waals surface area contributed by atoms with Crippen LogP contribution >= 0.6 is 22.6 Å². The molecule has 2 rings (SSSR count). The third-order valence-electron chi connectivity index (χ3n) is 2.45. The first-order chi connectivity index (χ1) is 9.74. The van der Waals surface area contributed by atoms with Crippen LogP contribution in [0, 0.1) is 3.57 Å². The summed E-state index contributed by atoms with van der Waals surface area (Å²) in [4.78, 5) is 0. The lowest BCUT2D eigenvalue weighted by atomic mass is 10.2. The van der Waals surface area contributed by atoms with Crippen LogP contribution in [-0.4, -0.2) is 34.8 Å². The molecule has 1 aromatic heterocycles. The summed E-state index contributed by atoms with van der Waals surface area (Å²) in [5, 5.41) is 11.6. The fraction of sp³-hybridized carbons (Fsp3) is 0.308. The minimum Gasteiger partial charge on any atom is -0.493 e. The normalized spacial score (nSPS) is 10.9. The van der Waals surface area contributed by atoms with Crippen molar-refractivity contribution in [3.05, 3.63) is 33.9 Å². The minimum atomic E-state index is 0.667. The molecule has 0 aliphatic rings. The Morgan fingerprint density at radius 1 is 1.35 bits per heavy atom. The molecule has 2 aromatic rings. The molecule has 0 N–H and O–H groups in total. The van der Waals surface area contributed by atoms with Crippen molar-refractivity contribution in [1.82, 2.24) is 14.9 Å². The van der Waals surface area contributed by atoms with E-state index >= 15 is 0 Å². The predicted molar refractivity (Wildman–Crippen MR) is 84.5 cm³/mol. The van der Waals surface area contributed by atoms with Crippen LogP contribution in [0.15, 0.2) is 29.9 Å². The van der Waals surface area contributed by atoms with Gasteiger partial charge in [-0.2, -0.15) is 5.10 Å². The molecule has 0 aliphatic heterocycles. The average Bonchev–Trinajstić information content (AvgIpc) is 2.96. The Labute approximate surface area is 130 Å². The summed E-state index contributed by atoms with van der Waals surface area (Å²) in [6, 6.07) is 3.88. The molecule has 0 bridgehead atoms. The Morgan fingerprint density at radius 2 is 2.10 bits per heavy atom. The van der Waals surface area contributed by atoms with Gasteiger partial charge in [0.25, 0.3) is 0 Å². The zero-order valence-electron chi connectivity index (χ0n) is 11.3. The number of methoxy groups -OCH3 is 1. The number of benzene rings is 1. The van der Waals surface area contributed by atoms with E-state index in [1.165, 1.54) is 17.3 Å². The van der Waals surface area contributed by atoms with Crippen LogP contribution in [0.4, 0.5) is 0 Å². The summed E-state index contributed by atoms with van der Waals surface area (Å²) in [5.41, 5.74) is 0.920. The highest BCUT2D eigenvalue weighted by Crippen LogP contribution is 2.33. The maximum atomic E-state index is 5.71. The van der Waals surface area contributed by atoms with Crippen LogP contribution in [0.5, 0.6) is 11.5 Å². The van der Waals surface area contributed by atoms with Crippen LogP contribution in [0.3, 0.4) is 0 Å². The van der Waals surface area contributed by atoms with Gasteiger partial charge in [0, 0.05) is 0 Å². The van der Waals surface area contributed by atoms with E-state index in [9.17, 15) is 0 Å². The molecule has 0 amide bonds. The molecule has 0 saturated carbocycles. The summed E-state index contributed by atoms with van der Waals surface area (Å²) < 4.78 is 13.6. The lowest BCUT2D eigenvalue weighted by Gasteiger charge is -2.12. The van der Waals surface area contributed by atoms with Gasteiger partial charge < -0.3 is 9.47 Å². The number of hydrogen-bond donors (Lipinski definition) is 0. The Morgan fingerprint density at radius 3 is 2.75 bits per heavy atom. The smallest absolute Gasteiger partial charge is 0.174 e. The number of rotatable bonds is 6. The first kappa shape index (κ1) is 14.8. The second kappa shape index (κ2) is 7.22. The van der Waals surface area contributed by atoms with Crippen molar-refractivity contribution in [2.75, 3.05) is 13.7 Å². The molecular weight excluding hydrogens is 371 g/mol. The van der Waals surface area contributed by atoms with Crippen LogP contribution < -0.4 is 9.47 Å². The summed E-state index contributed by atoms with van der Waals surface area (Å²) in [6.45, 7) is 2.74. The maximum absolute atomic E-state index is 5.71. The lowest BCUT2D eigenvalue weighted by molar-refractivity contribution is 0.292. The summed E-state index contributed by atoms with van der Waals surface area (Å²) in [5.74, 6) is 1.48. The van der Waals surface area contributed by atoms with E-state index in [2.05, 4.69) is 44.8 Å². The SMILES string of the molecule is CCCOc1c(I)cc(/C=N/n2cnnc2)cc1OC. The van der Waals surface area contributed by atoms with Crippen molar-refractivity contribution in [2.45, 2.75) is 13.3 Å². The number of halogens is 1. The van der Waals surface area contributed by atoms with Gasteiger partial charge in [0.2, 0.25) is 0 Å². The molecule has 1 aromatic carbocycles. The van der Waals surface area contributed by atoms with Gasteiger partial charge in [-0.05, 0) is 46.7 Å². The summed E-state index contributed by atoms with van der Waals surface area (Å²) in [7, 11) is 1.63. The second-order valence-corrected chi connectivity index (χ2v) is 5.13. The number of ether oxygens (including phenoxy) is 2. The van der Waals surface area contributed by atoms with Gasteiger partial charge in [-0.1, -0.05) is 6.92 Å². The van der Waals surface area contributed by atoms with Gasteiger partial charge in [-0.15, -0.1) is 10.2 Å². The molecule has 7 heteroatoms. The Bertz CT molecular complexity index is 584. The van der Waals surface area contributed by atoms with E-state index in [4.69, 9.17) is 9.47 Å². The van der Waals surface area contributed by atoms with E-state index in [0.717, 1.165) is 21.3 Å². The van der Waals surface area contributed by atoms with Gasteiger partial charge >= 0.3 is 0 Å². The van der Waals surface area contributed by atoms with Crippen molar-refractivity contribution in [1.29, 1.82) is 0 Å². The van der Waals surface area contributed by atoms with Crippen LogP contribution in [0.2, 0.25) is 0 Å².